The molecule has 3 aromatic rings. The van der Waals surface area contributed by atoms with Crippen LogP contribution in [-0.4, -0.2) is 36.3 Å². The van der Waals surface area contributed by atoms with E-state index in [1.807, 2.05) is 54.6 Å². The number of amides is 3. The molecule has 194 valence electrons. The molecule has 0 unspecified atom stereocenters. The number of nitrogens with one attached hydrogen (secondary N) is 2. The molecule has 0 bridgehead atoms. The predicted molar refractivity (Wildman–Crippen MR) is 140 cm³/mol. The maximum atomic E-state index is 13.9. The molecule has 3 amide bonds. The minimum Gasteiger partial charge on any atom is -0.299 e. The van der Waals surface area contributed by atoms with Gasteiger partial charge in [0, 0.05) is 17.7 Å². The molecule has 0 spiro atoms. The van der Waals surface area contributed by atoms with Gasteiger partial charge in [-0.15, -0.1) is 6.42 Å². The van der Waals surface area contributed by atoms with Gasteiger partial charge in [0.1, 0.15) is 11.6 Å². The molecule has 0 saturated carbocycles. The van der Waals surface area contributed by atoms with Gasteiger partial charge in [-0.25, -0.2) is 8.78 Å². The fraction of sp³-hybridized carbons (Fsp3) is 0.233. The van der Waals surface area contributed by atoms with Gasteiger partial charge in [-0.05, 0) is 48.2 Å². The minimum absolute atomic E-state index is 0.0544. The molecule has 1 heterocycles. The van der Waals surface area contributed by atoms with Crippen molar-refractivity contribution < 1.29 is 23.2 Å². The Bertz CT molecular complexity index is 1370. The van der Waals surface area contributed by atoms with E-state index < -0.39 is 35.5 Å². The van der Waals surface area contributed by atoms with E-state index in [1.54, 1.807) is 6.92 Å². The summed E-state index contributed by atoms with van der Waals surface area (Å²) < 4.78 is 26.9. The monoisotopic (exact) mass is 515 g/mol. The number of hydrogen-bond donors (Lipinski definition) is 2. The van der Waals surface area contributed by atoms with E-state index >= 15 is 0 Å². The lowest BCUT2D eigenvalue weighted by molar-refractivity contribution is -0.131. The van der Waals surface area contributed by atoms with Crippen molar-refractivity contribution in [3.05, 3.63) is 101 Å². The van der Waals surface area contributed by atoms with Gasteiger partial charge in [0.05, 0.1) is 25.0 Å². The number of carbonyl (C=O) groups excluding carboxylic acids is 3. The van der Waals surface area contributed by atoms with Crippen LogP contribution in [-0.2, 0) is 27.2 Å². The Morgan fingerprint density at radius 3 is 2.39 bits per heavy atom. The van der Waals surface area contributed by atoms with Crippen molar-refractivity contribution in [3.8, 4) is 12.3 Å². The highest BCUT2D eigenvalue weighted by Gasteiger charge is 2.39. The summed E-state index contributed by atoms with van der Waals surface area (Å²) in [5.74, 6) is -1.09. The number of benzene rings is 3. The first-order chi connectivity index (χ1) is 18.3. The van der Waals surface area contributed by atoms with E-state index in [2.05, 4.69) is 16.6 Å². The number of nitrogens with zero attached hydrogens (tertiary/aromatic N) is 1. The molecule has 1 aliphatic heterocycles. The summed E-state index contributed by atoms with van der Waals surface area (Å²) in [6.45, 7) is 1.60. The van der Waals surface area contributed by atoms with E-state index in [4.69, 9.17) is 6.42 Å². The summed E-state index contributed by atoms with van der Waals surface area (Å²) in [4.78, 5) is 40.7. The summed E-state index contributed by atoms with van der Waals surface area (Å²) in [7, 11) is 0. The third-order valence-corrected chi connectivity index (χ3v) is 6.51. The van der Waals surface area contributed by atoms with Crippen LogP contribution in [0.25, 0.3) is 0 Å². The molecule has 0 fully saturated rings. The zero-order chi connectivity index (χ0) is 27.2. The molecule has 6 nitrogen and oxygen atoms in total. The average molecular weight is 516 g/mol. The number of anilines is 1. The number of para-hydroxylation sites is 1. The molecule has 2 N–H and O–H groups in total. The van der Waals surface area contributed by atoms with Crippen LogP contribution in [0.15, 0.2) is 72.8 Å². The van der Waals surface area contributed by atoms with Crippen molar-refractivity contribution in [2.24, 2.45) is 0 Å². The quantitative estimate of drug-likeness (QED) is 0.473. The molecular formula is C30H27F2N3O3. The van der Waals surface area contributed by atoms with E-state index in [0.717, 1.165) is 28.9 Å². The largest absolute Gasteiger partial charge is 0.299 e. The smallest absolute Gasteiger partial charge is 0.245 e. The molecule has 3 aromatic carbocycles. The SMILES string of the molecule is C#CCN1C(=O)[C@@H](N[C@@H](C)C(=O)NC(=O)Cc2cc(F)cc(F)c2)[C@@H](c2ccccc2)Cc2ccccc21. The molecule has 4 rings (SSSR count). The number of carbonyl (C=O) groups is 3. The Hall–Kier alpha value is -4.35. The van der Waals surface area contributed by atoms with Crippen molar-refractivity contribution in [1.29, 1.82) is 0 Å². The predicted octanol–water partition coefficient (Wildman–Crippen LogP) is 3.50. The van der Waals surface area contributed by atoms with Crippen molar-refractivity contribution >= 4 is 23.4 Å². The van der Waals surface area contributed by atoms with Gasteiger partial charge >= 0.3 is 0 Å². The molecule has 0 saturated heterocycles. The Balaban J connectivity index is 1.56. The van der Waals surface area contributed by atoms with Crippen molar-refractivity contribution in [2.75, 3.05) is 11.4 Å². The van der Waals surface area contributed by atoms with Crippen LogP contribution < -0.4 is 15.5 Å². The van der Waals surface area contributed by atoms with E-state index in [-0.39, 0.29) is 30.4 Å². The van der Waals surface area contributed by atoms with Crippen LogP contribution in [0.5, 0.6) is 0 Å². The lowest BCUT2D eigenvalue weighted by Crippen LogP contribution is -2.55. The van der Waals surface area contributed by atoms with Crippen LogP contribution in [0.2, 0.25) is 0 Å². The molecule has 8 heteroatoms. The lowest BCUT2D eigenvalue weighted by atomic mass is 9.86. The Morgan fingerprint density at radius 1 is 1.05 bits per heavy atom. The van der Waals surface area contributed by atoms with Crippen LogP contribution >= 0.6 is 0 Å². The second kappa shape index (κ2) is 11.8. The number of halogens is 2. The fourth-order valence-electron chi connectivity index (χ4n) is 4.75. The van der Waals surface area contributed by atoms with Crippen LogP contribution in [0, 0.1) is 24.0 Å². The van der Waals surface area contributed by atoms with Gasteiger partial charge < -0.3 is 0 Å². The van der Waals surface area contributed by atoms with E-state index in [0.29, 0.717) is 12.5 Å². The van der Waals surface area contributed by atoms with Gasteiger partial charge in [-0.1, -0.05) is 54.5 Å². The molecular weight excluding hydrogens is 488 g/mol. The third kappa shape index (κ3) is 6.13. The summed E-state index contributed by atoms with van der Waals surface area (Å²) in [5, 5.41) is 5.38. The first kappa shape index (κ1) is 26.7. The molecule has 0 radical (unpaired) electrons. The summed E-state index contributed by atoms with van der Waals surface area (Å²) in [6, 6.07) is 18.0. The maximum absolute atomic E-state index is 13.9. The van der Waals surface area contributed by atoms with Crippen molar-refractivity contribution in [1.82, 2.24) is 10.6 Å². The second-order valence-corrected chi connectivity index (χ2v) is 9.21. The number of terminal acetylenes is 1. The number of fused-ring (bicyclic) bond motifs is 1. The highest BCUT2D eigenvalue weighted by atomic mass is 19.1. The molecule has 1 aliphatic rings. The van der Waals surface area contributed by atoms with E-state index in [1.165, 1.54) is 4.90 Å². The third-order valence-electron chi connectivity index (χ3n) is 6.51. The van der Waals surface area contributed by atoms with E-state index in [9.17, 15) is 23.2 Å². The normalized spacial score (nSPS) is 17.6. The Morgan fingerprint density at radius 2 is 1.71 bits per heavy atom. The van der Waals surface area contributed by atoms with Gasteiger partial charge in [-0.2, -0.15) is 0 Å². The van der Waals surface area contributed by atoms with Gasteiger partial charge in [0.15, 0.2) is 0 Å². The zero-order valence-electron chi connectivity index (χ0n) is 20.8. The van der Waals surface area contributed by atoms with Crippen molar-refractivity contribution in [2.45, 2.75) is 37.8 Å². The highest BCUT2D eigenvalue weighted by molar-refractivity contribution is 6.01. The lowest BCUT2D eigenvalue weighted by Gasteiger charge is -2.30. The van der Waals surface area contributed by atoms with Crippen LogP contribution in [0.4, 0.5) is 14.5 Å². The highest BCUT2D eigenvalue weighted by Crippen LogP contribution is 2.35. The zero-order valence-corrected chi connectivity index (χ0v) is 20.8. The number of hydrogen-bond acceptors (Lipinski definition) is 4. The molecule has 3 atom stereocenters. The molecule has 0 aliphatic carbocycles. The Labute approximate surface area is 220 Å². The van der Waals surface area contributed by atoms with Crippen LogP contribution in [0.1, 0.15) is 29.5 Å². The fourth-order valence-corrected chi connectivity index (χ4v) is 4.75. The summed E-state index contributed by atoms with van der Waals surface area (Å²) in [6.07, 6.45) is 5.73. The number of rotatable bonds is 7. The van der Waals surface area contributed by atoms with Gasteiger partial charge in [-0.3, -0.25) is 29.9 Å². The Kier molecular flexibility index (Phi) is 8.29. The molecule has 38 heavy (non-hydrogen) atoms. The molecule has 0 aromatic heterocycles. The second-order valence-electron chi connectivity index (χ2n) is 9.21. The van der Waals surface area contributed by atoms with Gasteiger partial charge in [0.2, 0.25) is 17.7 Å². The average Bonchev–Trinajstić information content (AvgIpc) is 2.99. The van der Waals surface area contributed by atoms with Crippen molar-refractivity contribution in [3.63, 3.8) is 0 Å². The number of imide groups is 1. The van der Waals surface area contributed by atoms with Gasteiger partial charge in [0.25, 0.3) is 0 Å². The maximum Gasteiger partial charge on any atom is 0.245 e. The summed E-state index contributed by atoms with van der Waals surface area (Å²) >= 11 is 0. The first-order valence-corrected chi connectivity index (χ1v) is 12.2. The standard InChI is InChI=1S/C30H27F2N3O3/c1-3-13-35-26-12-8-7-11-22(26)17-25(21-9-5-4-6-10-21)28(30(35)38)33-19(2)29(37)34-27(36)16-20-14-23(31)18-24(32)15-20/h1,4-12,14-15,18-19,25,28,33H,13,16-17H2,2H3,(H,34,36,37)/t19-,25+,28-/m0/s1. The summed E-state index contributed by atoms with van der Waals surface area (Å²) in [5.41, 5.74) is 2.67. The van der Waals surface area contributed by atoms with Crippen LogP contribution in [0.3, 0.4) is 0 Å². The first-order valence-electron chi connectivity index (χ1n) is 12.2. The minimum atomic E-state index is -0.947. The topological polar surface area (TPSA) is 78.5 Å².